The first-order valence-electron chi connectivity index (χ1n) is 7.93. The highest BCUT2D eigenvalue weighted by Gasteiger charge is 2.26. The molecule has 0 bridgehead atoms. The number of nitrogens with one attached hydrogen (secondary N) is 2. The molecule has 2 aliphatic rings. The van der Waals surface area contributed by atoms with Gasteiger partial charge in [-0.25, -0.2) is 4.39 Å². The topological polar surface area (TPSA) is 70.7 Å². The third-order valence-corrected chi connectivity index (χ3v) is 4.03. The van der Waals surface area contributed by atoms with Gasteiger partial charge in [-0.2, -0.15) is 5.01 Å². The lowest BCUT2D eigenvalue weighted by Gasteiger charge is -2.26. The molecule has 1 aromatic rings. The maximum Gasteiger partial charge on any atom is 0.248 e. The number of rotatable bonds is 4. The molecule has 3 rings (SSSR count). The van der Waals surface area contributed by atoms with Crippen LogP contribution in [0.3, 0.4) is 0 Å². The molecule has 2 N–H and O–H groups in total. The Hall–Kier alpha value is -2.15. The SMILES string of the molecule is O=C1CCCC(=O)N1Nc1ccc(OC2CCNCC2)c(F)c1. The summed E-state index contributed by atoms with van der Waals surface area (Å²) in [4.78, 5) is 23.5. The molecule has 2 aliphatic heterocycles. The van der Waals surface area contributed by atoms with Crippen molar-refractivity contribution in [2.45, 2.75) is 38.2 Å². The molecule has 7 heteroatoms. The number of nitrogens with zero attached hydrogens (tertiary/aromatic N) is 1. The number of benzene rings is 1. The third kappa shape index (κ3) is 3.79. The van der Waals surface area contributed by atoms with Crippen molar-refractivity contribution in [1.82, 2.24) is 10.3 Å². The van der Waals surface area contributed by atoms with E-state index in [0.717, 1.165) is 30.9 Å². The van der Waals surface area contributed by atoms with Crippen LogP contribution in [0.25, 0.3) is 0 Å². The Morgan fingerprint density at radius 1 is 1.17 bits per heavy atom. The van der Waals surface area contributed by atoms with Crippen molar-refractivity contribution < 1.29 is 18.7 Å². The molecule has 0 saturated carbocycles. The quantitative estimate of drug-likeness (QED) is 0.828. The summed E-state index contributed by atoms with van der Waals surface area (Å²) in [7, 11) is 0. The summed E-state index contributed by atoms with van der Waals surface area (Å²) in [6.07, 6.45) is 2.89. The Kier molecular flexibility index (Phi) is 4.76. The van der Waals surface area contributed by atoms with Gasteiger partial charge in [0.15, 0.2) is 11.6 Å². The zero-order valence-corrected chi connectivity index (χ0v) is 12.8. The fourth-order valence-corrected chi connectivity index (χ4v) is 2.77. The van der Waals surface area contributed by atoms with E-state index in [0.29, 0.717) is 24.9 Å². The first kappa shape index (κ1) is 15.7. The van der Waals surface area contributed by atoms with E-state index < -0.39 is 5.82 Å². The Morgan fingerprint density at radius 2 is 1.87 bits per heavy atom. The average Bonchev–Trinajstić information content (AvgIpc) is 2.55. The lowest BCUT2D eigenvalue weighted by atomic mass is 10.1. The summed E-state index contributed by atoms with van der Waals surface area (Å²) in [6, 6.07) is 4.37. The number of imide groups is 1. The number of hydrogen-bond donors (Lipinski definition) is 2. The van der Waals surface area contributed by atoms with Crippen molar-refractivity contribution in [2.75, 3.05) is 18.5 Å². The van der Waals surface area contributed by atoms with Gasteiger partial charge >= 0.3 is 0 Å². The molecule has 0 radical (unpaired) electrons. The predicted molar refractivity (Wildman–Crippen MR) is 82.2 cm³/mol. The first-order chi connectivity index (χ1) is 11.1. The van der Waals surface area contributed by atoms with E-state index in [4.69, 9.17) is 4.74 Å². The number of carbonyl (C=O) groups is 2. The minimum atomic E-state index is -0.509. The third-order valence-electron chi connectivity index (χ3n) is 4.03. The van der Waals surface area contributed by atoms with Gasteiger partial charge in [0.1, 0.15) is 6.10 Å². The highest BCUT2D eigenvalue weighted by Crippen LogP contribution is 2.25. The second-order valence-electron chi connectivity index (χ2n) is 5.80. The summed E-state index contributed by atoms with van der Waals surface area (Å²) < 4.78 is 19.9. The molecule has 0 atom stereocenters. The number of ether oxygens (including phenoxy) is 1. The number of halogens is 1. The Morgan fingerprint density at radius 3 is 2.52 bits per heavy atom. The number of hydrazine groups is 1. The molecule has 0 spiro atoms. The van der Waals surface area contributed by atoms with Crippen molar-refractivity contribution in [3.63, 3.8) is 0 Å². The lowest BCUT2D eigenvalue weighted by Crippen LogP contribution is -2.44. The molecule has 124 valence electrons. The Labute approximate surface area is 134 Å². The molecule has 1 aromatic carbocycles. The molecule has 23 heavy (non-hydrogen) atoms. The highest BCUT2D eigenvalue weighted by atomic mass is 19.1. The van der Waals surface area contributed by atoms with Gasteiger partial charge in [-0.15, -0.1) is 0 Å². The van der Waals surface area contributed by atoms with Crippen molar-refractivity contribution >= 4 is 17.5 Å². The largest absolute Gasteiger partial charge is 0.487 e. The van der Waals surface area contributed by atoms with E-state index in [2.05, 4.69) is 10.7 Å². The molecular weight excluding hydrogens is 301 g/mol. The second kappa shape index (κ2) is 6.95. The van der Waals surface area contributed by atoms with Gasteiger partial charge in [0.05, 0.1) is 5.69 Å². The van der Waals surface area contributed by atoms with Crippen molar-refractivity contribution in [1.29, 1.82) is 0 Å². The average molecular weight is 321 g/mol. The molecule has 2 fully saturated rings. The van der Waals surface area contributed by atoms with Crippen LogP contribution in [0.5, 0.6) is 5.75 Å². The molecule has 0 aliphatic carbocycles. The fourth-order valence-electron chi connectivity index (χ4n) is 2.77. The zero-order chi connectivity index (χ0) is 16.2. The van der Waals surface area contributed by atoms with Gasteiger partial charge in [0.2, 0.25) is 11.8 Å². The molecular formula is C16H20FN3O3. The highest BCUT2D eigenvalue weighted by molar-refractivity contribution is 5.98. The number of anilines is 1. The van der Waals surface area contributed by atoms with Crippen LogP contribution in [0.2, 0.25) is 0 Å². The van der Waals surface area contributed by atoms with E-state index in [1.165, 1.54) is 12.1 Å². The van der Waals surface area contributed by atoms with E-state index in [1.807, 2.05) is 0 Å². The van der Waals surface area contributed by atoms with Gasteiger partial charge in [-0.05, 0) is 44.5 Å². The van der Waals surface area contributed by atoms with E-state index in [9.17, 15) is 14.0 Å². The molecule has 6 nitrogen and oxygen atoms in total. The summed E-state index contributed by atoms with van der Waals surface area (Å²) in [5.74, 6) is -0.905. The molecule has 2 heterocycles. The smallest absolute Gasteiger partial charge is 0.248 e. The summed E-state index contributed by atoms with van der Waals surface area (Å²) in [5.41, 5.74) is 3.03. The summed E-state index contributed by atoms with van der Waals surface area (Å²) in [6.45, 7) is 1.73. The maximum absolute atomic E-state index is 14.2. The normalized spacial score (nSPS) is 19.8. The first-order valence-corrected chi connectivity index (χ1v) is 7.93. The Bertz CT molecular complexity index is 586. The van der Waals surface area contributed by atoms with Crippen molar-refractivity contribution in [3.05, 3.63) is 24.0 Å². The molecule has 0 aromatic heterocycles. The second-order valence-corrected chi connectivity index (χ2v) is 5.80. The van der Waals surface area contributed by atoms with Crippen LogP contribution in [0.1, 0.15) is 32.1 Å². The standard InChI is InChI=1S/C16H20FN3O3/c17-13-10-11(19-20-15(21)2-1-3-16(20)22)4-5-14(13)23-12-6-8-18-9-7-12/h4-5,10,12,18-19H,1-3,6-9H2. The van der Waals surface area contributed by atoms with Gasteiger partial charge in [0, 0.05) is 18.9 Å². The number of carbonyl (C=O) groups excluding carboxylic acids is 2. The summed E-state index contributed by atoms with van der Waals surface area (Å²) in [5, 5.41) is 4.19. The van der Waals surface area contributed by atoms with Crippen molar-refractivity contribution in [3.8, 4) is 5.75 Å². The van der Waals surface area contributed by atoms with E-state index >= 15 is 0 Å². The van der Waals surface area contributed by atoms with Gasteiger partial charge in [0.25, 0.3) is 0 Å². The minimum Gasteiger partial charge on any atom is -0.487 e. The van der Waals surface area contributed by atoms with Crippen LogP contribution in [0, 0.1) is 5.82 Å². The van der Waals surface area contributed by atoms with Crippen LogP contribution in [-0.2, 0) is 9.59 Å². The molecule has 2 amide bonds. The lowest BCUT2D eigenvalue weighted by molar-refractivity contribution is -0.146. The van der Waals surface area contributed by atoms with Crippen LogP contribution >= 0.6 is 0 Å². The van der Waals surface area contributed by atoms with Crippen LogP contribution in [0.4, 0.5) is 10.1 Å². The van der Waals surface area contributed by atoms with E-state index in [1.54, 1.807) is 6.07 Å². The number of hydrogen-bond acceptors (Lipinski definition) is 5. The fraction of sp³-hybridized carbons (Fsp3) is 0.500. The van der Waals surface area contributed by atoms with Crippen LogP contribution < -0.4 is 15.5 Å². The van der Waals surface area contributed by atoms with Gasteiger partial charge in [-0.1, -0.05) is 0 Å². The van der Waals surface area contributed by atoms with Gasteiger partial charge < -0.3 is 10.1 Å². The Balaban J connectivity index is 1.66. The van der Waals surface area contributed by atoms with Crippen LogP contribution in [0.15, 0.2) is 18.2 Å². The van der Waals surface area contributed by atoms with Crippen LogP contribution in [-0.4, -0.2) is 36.0 Å². The maximum atomic E-state index is 14.2. The predicted octanol–water partition coefficient (Wildman–Crippen LogP) is 1.82. The van der Waals surface area contributed by atoms with E-state index in [-0.39, 0.29) is 23.7 Å². The monoisotopic (exact) mass is 321 g/mol. The minimum absolute atomic E-state index is 0.00908. The molecule has 0 unspecified atom stereocenters. The zero-order valence-electron chi connectivity index (χ0n) is 12.8. The summed E-state index contributed by atoms with van der Waals surface area (Å²) >= 11 is 0. The molecule has 2 saturated heterocycles. The van der Waals surface area contributed by atoms with Gasteiger partial charge in [-0.3, -0.25) is 15.0 Å². The van der Waals surface area contributed by atoms with Crippen molar-refractivity contribution in [2.24, 2.45) is 0 Å². The number of piperidine rings is 2. The number of amides is 2.